The summed E-state index contributed by atoms with van der Waals surface area (Å²) in [5, 5.41) is 11.7. The Labute approximate surface area is 109 Å². The summed E-state index contributed by atoms with van der Waals surface area (Å²) in [6.07, 6.45) is 2.45. The molecule has 0 aromatic carbocycles. The molecule has 5 nitrogen and oxygen atoms in total. The summed E-state index contributed by atoms with van der Waals surface area (Å²) in [6.45, 7) is 8.10. The average Bonchev–Trinajstić information content (AvgIpc) is 2.87. The van der Waals surface area contributed by atoms with Gasteiger partial charge in [0.25, 0.3) is 0 Å². The van der Waals surface area contributed by atoms with E-state index in [0.717, 1.165) is 13.1 Å². The van der Waals surface area contributed by atoms with E-state index in [0.29, 0.717) is 12.6 Å². The van der Waals surface area contributed by atoms with Gasteiger partial charge in [-0.15, -0.1) is 0 Å². The molecule has 3 unspecified atom stereocenters. The van der Waals surface area contributed by atoms with Crippen molar-refractivity contribution >= 4 is 11.9 Å². The van der Waals surface area contributed by atoms with Crippen LogP contribution in [-0.2, 0) is 9.59 Å². The van der Waals surface area contributed by atoms with E-state index in [1.54, 1.807) is 13.8 Å². The van der Waals surface area contributed by atoms with Crippen molar-refractivity contribution in [2.75, 3.05) is 19.6 Å². The van der Waals surface area contributed by atoms with Crippen LogP contribution in [0.15, 0.2) is 0 Å². The number of likely N-dealkylation sites (tertiary alicyclic amines) is 1. The van der Waals surface area contributed by atoms with E-state index < -0.39 is 17.8 Å². The van der Waals surface area contributed by atoms with Crippen LogP contribution in [-0.4, -0.2) is 47.6 Å². The number of nitrogens with one attached hydrogen (secondary N) is 1. The molecular formula is C13H24N2O3. The van der Waals surface area contributed by atoms with Gasteiger partial charge in [0.05, 0.1) is 5.92 Å². The lowest BCUT2D eigenvalue weighted by molar-refractivity contribution is -0.146. The van der Waals surface area contributed by atoms with E-state index in [1.807, 2.05) is 0 Å². The highest BCUT2D eigenvalue weighted by molar-refractivity contribution is 5.84. The topological polar surface area (TPSA) is 69.6 Å². The fraction of sp³-hybridized carbons (Fsp3) is 0.846. The molecule has 0 aromatic rings. The van der Waals surface area contributed by atoms with Crippen molar-refractivity contribution in [2.24, 2.45) is 11.8 Å². The van der Waals surface area contributed by atoms with Crippen LogP contribution in [0.5, 0.6) is 0 Å². The molecule has 1 fully saturated rings. The first-order chi connectivity index (χ1) is 8.43. The molecule has 0 bridgehead atoms. The van der Waals surface area contributed by atoms with Gasteiger partial charge in [-0.25, -0.2) is 0 Å². The maximum Gasteiger partial charge on any atom is 0.307 e. The summed E-state index contributed by atoms with van der Waals surface area (Å²) in [5.74, 6) is -2.23. The standard InChI is InChI=1S/C13H24N2O3/c1-9(15-6-4-5-7-15)8-14-12(16)10(2)11(3)13(17)18/h9-11H,4-8H2,1-3H3,(H,14,16)(H,17,18). The molecule has 18 heavy (non-hydrogen) atoms. The van der Waals surface area contributed by atoms with Gasteiger partial charge in [0, 0.05) is 18.5 Å². The molecule has 1 aliphatic rings. The maximum absolute atomic E-state index is 11.8. The number of rotatable bonds is 6. The monoisotopic (exact) mass is 256 g/mol. The van der Waals surface area contributed by atoms with Crippen LogP contribution in [0.1, 0.15) is 33.6 Å². The van der Waals surface area contributed by atoms with Crippen LogP contribution in [0.25, 0.3) is 0 Å². The molecular weight excluding hydrogens is 232 g/mol. The highest BCUT2D eigenvalue weighted by Crippen LogP contribution is 2.13. The van der Waals surface area contributed by atoms with Crippen LogP contribution in [0.4, 0.5) is 0 Å². The van der Waals surface area contributed by atoms with Gasteiger partial charge in [-0.05, 0) is 32.9 Å². The quantitative estimate of drug-likeness (QED) is 0.742. The van der Waals surface area contributed by atoms with E-state index in [2.05, 4.69) is 17.1 Å². The van der Waals surface area contributed by atoms with Gasteiger partial charge in [-0.3, -0.25) is 14.5 Å². The van der Waals surface area contributed by atoms with Crippen molar-refractivity contribution in [1.29, 1.82) is 0 Å². The molecule has 0 aromatic heterocycles. The molecule has 1 aliphatic heterocycles. The number of carboxylic acids is 1. The fourth-order valence-corrected chi connectivity index (χ4v) is 2.16. The third kappa shape index (κ3) is 3.98. The minimum absolute atomic E-state index is 0.170. The lowest BCUT2D eigenvalue weighted by Crippen LogP contribution is -2.43. The largest absolute Gasteiger partial charge is 0.481 e. The summed E-state index contributed by atoms with van der Waals surface area (Å²) in [7, 11) is 0. The molecule has 1 rings (SSSR count). The number of amides is 1. The molecule has 3 atom stereocenters. The highest BCUT2D eigenvalue weighted by Gasteiger charge is 2.26. The second-order valence-corrected chi connectivity index (χ2v) is 5.25. The Morgan fingerprint density at radius 2 is 1.72 bits per heavy atom. The Kier molecular flexibility index (Phi) is 5.59. The zero-order valence-corrected chi connectivity index (χ0v) is 11.5. The van der Waals surface area contributed by atoms with E-state index in [-0.39, 0.29) is 5.91 Å². The Morgan fingerprint density at radius 1 is 1.17 bits per heavy atom. The van der Waals surface area contributed by atoms with Crippen LogP contribution in [0.3, 0.4) is 0 Å². The predicted molar refractivity (Wildman–Crippen MR) is 69.2 cm³/mol. The Balaban J connectivity index is 2.33. The summed E-state index contributed by atoms with van der Waals surface area (Å²) in [6, 6.07) is 0.323. The normalized spacial score (nSPS) is 21.3. The Hall–Kier alpha value is -1.10. The summed E-state index contributed by atoms with van der Waals surface area (Å²) < 4.78 is 0. The first kappa shape index (κ1) is 15.0. The first-order valence-electron chi connectivity index (χ1n) is 6.68. The van der Waals surface area contributed by atoms with Crippen LogP contribution < -0.4 is 5.32 Å². The highest BCUT2D eigenvalue weighted by atomic mass is 16.4. The summed E-state index contributed by atoms with van der Waals surface area (Å²) >= 11 is 0. The number of hydrogen-bond donors (Lipinski definition) is 2. The van der Waals surface area contributed by atoms with E-state index in [9.17, 15) is 9.59 Å². The van der Waals surface area contributed by atoms with Gasteiger partial charge < -0.3 is 10.4 Å². The van der Waals surface area contributed by atoms with E-state index >= 15 is 0 Å². The molecule has 104 valence electrons. The van der Waals surface area contributed by atoms with Crippen molar-refractivity contribution < 1.29 is 14.7 Å². The molecule has 0 saturated carbocycles. The molecule has 5 heteroatoms. The van der Waals surface area contributed by atoms with Gasteiger partial charge >= 0.3 is 5.97 Å². The smallest absolute Gasteiger partial charge is 0.307 e. The maximum atomic E-state index is 11.8. The van der Waals surface area contributed by atoms with E-state index in [1.165, 1.54) is 12.8 Å². The third-order valence-corrected chi connectivity index (χ3v) is 3.89. The van der Waals surface area contributed by atoms with Crippen LogP contribution in [0.2, 0.25) is 0 Å². The average molecular weight is 256 g/mol. The second kappa shape index (κ2) is 6.73. The van der Waals surface area contributed by atoms with Gasteiger partial charge in [0.15, 0.2) is 0 Å². The third-order valence-electron chi connectivity index (χ3n) is 3.89. The summed E-state index contributed by atoms with van der Waals surface area (Å²) in [5.41, 5.74) is 0. The number of carbonyl (C=O) groups excluding carboxylic acids is 1. The van der Waals surface area contributed by atoms with Crippen molar-refractivity contribution in [3.8, 4) is 0 Å². The van der Waals surface area contributed by atoms with Gasteiger partial charge in [0.1, 0.15) is 0 Å². The SMILES string of the molecule is CC(C(=O)O)C(C)C(=O)NCC(C)N1CCCC1. The molecule has 1 amide bonds. The minimum Gasteiger partial charge on any atom is -0.481 e. The molecule has 0 radical (unpaired) electrons. The second-order valence-electron chi connectivity index (χ2n) is 5.25. The molecule has 2 N–H and O–H groups in total. The zero-order valence-electron chi connectivity index (χ0n) is 11.5. The van der Waals surface area contributed by atoms with Crippen LogP contribution >= 0.6 is 0 Å². The number of nitrogens with zero attached hydrogens (tertiary/aromatic N) is 1. The zero-order chi connectivity index (χ0) is 13.7. The van der Waals surface area contributed by atoms with Crippen molar-refractivity contribution in [3.63, 3.8) is 0 Å². The van der Waals surface area contributed by atoms with Crippen molar-refractivity contribution in [1.82, 2.24) is 10.2 Å². The minimum atomic E-state index is -0.926. The van der Waals surface area contributed by atoms with Gasteiger partial charge in [0.2, 0.25) is 5.91 Å². The number of hydrogen-bond acceptors (Lipinski definition) is 3. The fourth-order valence-electron chi connectivity index (χ4n) is 2.16. The van der Waals surface area contributed by atoms with Gasteiger partial charge in [-0.1, -0.05) is 13.8 Å². The van der Waals surface area contributed by atoms with E-state index in [4.69, 9.17) is 5.11 Å². The molecule has 0 aliphatic carbocycles. The predicted octanol–water partition coefficient (Wildman–Crippen LogP) is 0.944. The van der Waals surface area contributed by atoms with Crippen molar-refractivity contribution in [3.05, 3.63) is 0 Å². The first-order valence-corrected chi connectivity index (χ1v) is 6.68. The molecule has 1 heterocycles. The summed E-state index contributed by atoms with van der Waals surface area (Å²) in [4.78, 5) is 25.0. The number of carboxylic acid groups (broad SMARTS) is 1. The van der Waals surface area contributed by atoms with Crippen molar-refractivity contribution in [2.45, 2.75) is 39.7 Å². The Bertz CT molecular complexity index is 301. The number of aliphatic carboxylic acids is 1. The van der Waals surface area contributed by atoms with Gasteiger partial charge in [-0.2, -0.15) is 0 Å². The lowest BCUT2D eigenvalue weighted by atomic mass is 9.95. The molecule has 1 saturated heterocycles. The number of carbonyl (C=O) groups is 2. The van der Waals surface area contributed by atoms with Crippen LogP contribution in [0, 0.1) is 11.8 Å². The molecule has 0 spiro atoms. The lowest BCUT2D eigenvalue weighted by Gasteiger charge is -2.25. The Morgan fingerprint density at radius 3 is 2.22 bits per heavy atom.